The lowest BCUT2D eigenvalue weighted by atomic mass is 9.95. The second kappa shape index (κ2) is 4.26. The molecule has 1 aliphatic rings. The van der Waals surface area contributed by atoms with Gasteiger partial charge in [-0.2, -0.15) is 0 Å². The molecule has 0 radical (unpaired) electrons. The summed E-state index contributed by atoms with van der Waals surface area (Å²) < 4.78 is 45.2. The van der Waals surface area contributed by atoms with Gasteiger partial charge in [0.25, 0.3) is 5.92 Å². The molecule has 18 heavy (non-hydrogen) atoms. The van der Waals surface area contributed by atoms with Gasteiger partial charge in [-0.1, -0.05) is 6.07 Å². The Labute approximate surface area is 110 Å². The molecule has 1 unspecified atom stereocenters. The second-order valence-corrected chi connectivity index (χ2v) is 4.99. The third kappa shape index (κ3) is 1.83. The second-order valence-electron chi connectivity index (χ2n) is 4.14. The van der Waals surface area contributed by atoms with Gasteiger partial charge < -0.3 is 4.74 Å². The highest BCUT2D eigenvalue weighted by molar-refractivity contribution is 9.10. The molecule has 1 saturated carbocycles. The molecule has 2 rings (SSSR count). The Hall–Kier alpha value is -1.04. The fourth-order valence-electron chi connectivity index (χ4n) is 1.96. The van der Waals surface area contributed by atoms with Crippen LogP contribution in [-0.4, -0.2) is 18.5 Å². The molecule has 0 bridgehead atoms. The summed E-state index contributed by atoms with van der Waals surface area (Å²) >= 11 is 2.93. The first-order valence-electron chi connectivity index (χ1n) is 5.36. The predicted octanol–water partition coefficient (Wildman–Crippen LogP) is 3.43. The first-order valence-corrected chi connectivity index (χ1v) is 6.15. The van der Waals surface area contributed by atoms with E-state index in [4.69, 9.17) is 0 Å². The summed E-state index contributed by atoms with van der Waals surface area (Å²) in [4.78, 5) is 11.7. The standard InChI is InChI=1S/C12H10BrF3O2/c1-2-18-10(17)11(6-12(11,15)16)7-3-4-8(13)9(14)5-7/h3-5H,2,6H2,1H3. The highest BCUT2D eigenvalue weighted by atomic mass is 79.9. The molecule has 0 spiro atoms. The van der Waals surface area contributed by atoms with Crippen molar-refractivity contribution >= 4 is 21.9 Å². The molecule has 0 N–H and O–H groups in total. The number of hydrogen-bond donors (Lipinski definition) is 0. The summed E-state index contributed by atoms with van der Waals surface area (Å²) in [6.07, 6.45) is -0.639. The summed E-state index contributed by atoms with van der Waals surface area (Å²) in [5.41, 5.74) is -2.07. The van der Waals surface area contributed by atoms with Crippen molar-refractivity contribution in [2.45, 2.75) is 24.7 Å². The molecule has 6 heteroatoms. The average molecular weight is 323 g/mol. The molecule has 1 aromatic rings. The molecular formula is C12H10BrF3O2. The van der Waals surface area contributed by atoms with Crippen LogP contribution in [0.3, 0.4) is 0 Å². The van der Waals surface area contributed by atoms with Crippen LogP contribution in [0.2, 0.25) is 0 Å². The Morgan fingerprint density at radius 2 is 2.11 bits per heavy atom. The maximum Gasteiger partial charge on any atom is 0.322 e. The van der Waals surface area contributed by atoms with Crippen LogP contribution in [0.15, 0.2) is 22.7 Å². The van der Waals surface area contributed by atoms with E-state index in [0.29, 0.717) is 0 Å². The molecular weight excluding hydrogens is 313 g/mol. The van der Waals surface area contributed by atoms with Gasteiger partial charge in [-0.25, -0.2) is 13.2 Å². The van der Waals surface area contributed by atoms with Crippen LogP contribution in [0.1, 0.15) is 18.9 Å². The van der Waals surface area contributed by atoms with Gasteiger partial charge in [0.1, 0.15) is 5.82 Å². The van der Waals surface area contributed by atoms with Gasteiger partial charge in [-0.05, 0) is 40.5 Å². The van der Waals surface area contributed by atoms with Crippen LogP contribution < -0.4 is 0 Å². The van der Waals surface area contributed by atoms with Crippen LogP contribution >= 0.6 is 15.9 Å². The summed E-state index contributed by atoms with van der Waals surface area (Å²) in [6.45, 7) is 1.55. The van der Waals surface area contributed by atoms with Crippen LogP contribution in [0, 0.1) is 5.82 Å². The Bertz CT molecular complexity index is 504. The zero-order chi connectivity index (χ0) is 13.6. The SMILES string of the molecule is CCOC(=O)C1(c2ccc(Br)c(F)c2)CC1(F)F. The molecule has 1 fully saturated rings. The third-order valence-corrected chi connectivity index (χ3v) is 3.67. The van der Waals surface area contributed by atoms with Crippen molar-refractivity contribution in [1.82, 2.24) is 0 Å². The number of rotatable bonds is 3. The van der Waals surface area contributed by atoms with Crippen LogP contribution in [0.25, 0.3) is 0 Å². The minimum absolute atomic E-state index is 0.00960. The lowest BCUT2D eigenvalue weighted by Crippen LogP contribution is -2.29. The molecule has 1 atom stereocenters. The zero-order valence-electron chi connectivity index (χ0n) is 9.47. The fourth-order valence-corrected chi connectivity index (χ4v) is 2.20. The number of halogens is 4. The molecule has 1 aromatic carbocycles. The van der Waals surface area contributed by atoms with Crippen molar-refractivity contribution in [3.8, 4) is 0 Å². The Kier molecular flexibility index (Phi) is 3.17. The van der Waals surface area contributed by atoms with E-state index < -0.39 is 29.5 Å². The van der Waals surface area contributed by atoms with Gasteiger partial charge in [0.05, 0.1) is 11.1 Å². The number of carbonyl (C=O) groups is 1. The van der Waals surface area contributed by atoms with Crippen molar-refractivity contribution in [2.75, 3.05) is 6.61 Å². The number of ether oxygens (including phenoxy) is 1. The predicted molar refractivity (Wildman–Crippen MR) is 62.0 cm³/mol. The normalized spacial score (nSPS) is 24.7. The topological polar surface area (TPSA) is 26.3 Å². The molecule has 0 heterocycles. The smallest absolute Gasteiger partial charge is 0.322 e. The van der Waals surface area contributed by atoms with Crippen molar-refractivity contribution in [1.29, 1.82) is 0 Å². The Balaban J connectivity index is 2.44. The fraction of sp³-hybridized carbons (Fsp3) is 0.417. The van der Waals surface area contributed by atoms with Crippen LogP contribution in [-0.2, 0) is 14.9 Å². The zero-order valence-corrected chi connectivity index (χ0v) is 11.1. The third-order valence-electron chi connectivity index (χ3n) is 3.02. The molecule has 0 amide bonds. The van der Waals surface area contributed by atoms with E-state index in [1.807, 2.05) is 0 Å². The minimum Gasteiger partial charge on any atom is -0.465 e. The monoisotopic (exact) mass is 322 g/mol. The van der Waals surface area contributed by atoms with Gasteiger partial charge >= 0.3 is 5.97 Å². The van der Waals surface area contributed by atoms with E-state index in [1.54, 1.807) is 0 Å². The molecule has 0 aromatic heterocycles. The molecule has 1 aliphatic carbocycles. The maximum absolute atomic E-state index is 13.5. The van der Waals surface area contributed by atoms with Crippen molar-refractivity contribution < 1.29 is 22.7 Å². The van der Waals surface area contributed by atoms with Gasteiger partial charge in [0.2, 0.25) is 0 Å². The minimum atomic E-state index is -3.18. The van der Waals surface area contributed by atoms with E-state index >= 15 is 0 Å². The summed E-state index contributed by atoms with van der Waals surface area (Å²) in [5.74, 6) is -4.87. The van der Waals surface area contributed by atoms with Crippen LogP contribution in [0.4, 0.5) is 13.2 Å². The van der Waals surface area contributed by atoms with Crippen molar-refractivity contribution in [2.24, 2.45) is 0 Å². The van der Waals surface area contributed by atoms with Crippen molar-refractivity contribution in [3.05, 3.63) is 34.1 Å². The van der Waals surface area contributed by atoms with Gasteiger partial charge in [0, 0.05) is 6.42 Å². The van der Waals surface area contributed by atoms with Crippen molar-refractivity contribution in [3.63, 3.8) is 0 Å². The lowest BCUT2D eigenvalue weighted by molar-refractivity contribution is -0.149. The van der Waals surface area contributed by atoms with Gasteiger partial charge in [0.15, 0.2) is 5.41 Å². The Morgan fingerprint density at radius 1 is 1.50 bits per heavy atom. The lowest BCUT2D eigenvalue weighted by Gasteiger charge is -2.15. The maximum atomic E-state index is 13.5. The Morgan fingerprint density at radius 3 is 2.56 bits per heavy atom. The number of benzene rings is 1. The van der Waals surface area contributed by atoms with E-state index in [1.165, 1.54) is 19.1 Å². The number of alkyl halides is 2. The van der Waals surface area contributed by atoms with E-state index in [9.17, 15) is 18.0 Å². The largest absolute Gasteiger partial charge is 0.465 e. The first kappa shape index (κ1) is 13.4. The van der Waals surface area contributed by atoms with Crippen LogP contribution in [0.5, 0.6) is 0 Å². The average Bonchev–Trinajstić information content (AvgIpc) is 2.88. The highest BCUT2D eigenvalue weighted by Gasteiger charge is 2.77. The quantitative estimate of drug-likeness (QED) is 0.797. The number of esters is 1. The summed E-state index contributed by atoms with van der Waals surface area (Å²) in [7, 11) is 0. The highest BCUT2D eigenvalue weighted by Crippen LogP contribution is 2.62. The van der Waals surface area contributed by atoms with E-state index in [0.717, 1.165) is 6.07 Å². The van der Waals surface area contributed by atoms with Gasteiger partial charge in [-0.3, -0.25) is 4.79 Å². The van der Waals surface area contributed by atoms with Gasteiger partial charge in [-0.15, -0.1) is 0 Å². The molecule has 98 valence electrons. The number of hydrogen-bond acceptors (Lipinski definition) is 2. The summed E-state index contributed by atoms with van der Waals surface area (Å²) in [5, 5.41) is 0. The molecule has 0 saturated heterocycles. The number of carbonyl (C=O) groups excluding carboxylic acids is 1. The molecule has 2 nitrogen and oxygen atoms in total. The first-order chi connectivity index (χ1) is 8.35. The molecule has 0 aliphatic heterocycles. The summed E-state index contributed by atoms with van der Waals surface area (Å²) in [6, 6.07) is 3.56. The van der Waals surface area contributed by atoms with E-state index in [-0.39, 0.29) is 16.6 Å². The van der Waals surface area contributed by atoms with E-state index in [2.05, 4.69) is 20.7 Å².